The van der Waals surface area contributed by atoms with Gasteiger partial charge in [-0.15, -0.1) is 0 Å². The Kier molecular flexibility index (Phi) is 5.34. The van der Waals surface area contributed by atoms with E-state index in [0.717, 1.165) is 0 Å². The lowest BCUT2D eigenvalue weighted by Crippen LogP contribution is -2.41. The third-order valence-electron chi connectivity index (χ3n) is 3.12. The molecule has 0 bridgehead atoms. The first-order valence-electron chi connectivity index (χ1n) is 6.22. The molecule has 0 radical (unpaired) electrons. The first-order chi connectivity index (χ1) is 8.86. The van der Waals surface area contributed by atoms with Gasteiger partial charge >= 0.3 is 0 Å². The molecule has 0 aliphatic heterocycles. The van der Waals surface area contributed by atoms with E-state index < -0.39 is 10.0 Å². The summed E-state index contributed by atoms with van der Waals surface area (Å²) >= 11 is 0. The van der Waals surface area contributed by atoms with Crippen molar-refractivity contribution in [2.24, 2.45) is 0 Å². The van der Waals surface area contributed by atoms with Gasteiger partial charge in [0.1, 0.15) is 0 Å². The number of nitrogens with zero attached hydrogens (tertiary/aromatic N) is 1. The molecule has 0 fully saturated rings. The molecule has 1 unspecified atom stereocenters. The Morgan fingerprint density at radius 3 is 2.58 bits per heavy atom. The fraction of sp³-hybridized carbons (Fsp3) is 0.538. The van der Waals surface area contributed by atoms with Crippen molar-refractivity contribution < 1.29 is 13.2 Å². The van der Waals surface area contributed by atoms with Crippen molar-refractivity contribution in [3.63, 3.8) is 0 Å². The first-order valence-corrected chi connectivity index (χ1v) is 7.66. The highest BCUT2D eigenvalue weighted by Gasteiger charge is 2.29. The molecule has 0 saturated heterocycles. The lowest BCUT2D eigenvalue weighted by molar-refractivity contribution is 0.142. The molecule has 19 heavy (non-hydrogen) atoms. The van der Waals surface area contributed by atoms with Crippen LogP contribution in [0.3, 0.4) is 0 Å². The molecular formula is C13H22N2O3S. The summed E-state index contributed by atoms with van der Waals surface area (Å²) in [5.41, 5.74) is 6.86. The summed E-state index contributed by atoms with van der Waals surface area (Å²) in [7, 11) is -1.99. The lowest BCUT2D eigenvalue weighted by atomic mass is 10.2. The molecule has 0 saturated carbocycles. The molecule has 0 amide bonds. The van der Waals surface area contributed by atoms with Crippen molar-refractivity contribution in [3.8, 4) is 0 Å². The van der Waals surface area contributed by atoms with Gasteiger partial charge < -0.3 is 10.5 Å². The topological polar surface area (TPSA) is 72.6 Å². The molecule has 1 aromatic rings. The zero-order valence-corrected chi connectivity index (χ0v) is 12.7. The maximum absolute atomic E-state index is 12.7. The van der Waals surface area contributed by atoms with Gasteiger partial charge in [-0.1, -0.05) is 13.0 Å². The van der Waals surface area contributed by atoms with Crippen LogP contribution in [-0.4, -0.2) is 39.0 Å². The molecule has 108 valence electrons. The highest BCUT2D eigenvalue weighted by atomic mass is 32.2. The fourth-order valence-corrected chi connectivity index (χ4v) is 3.96. The number of benzene rings is 1. The monoisotopic (exact) mass is 286 g/mol. The van der Waals surface area contributed by atoms with E-state index in [2.05, 4.69) is 0 Å². The van der Waals surface area contributed by atoms with Crippen molar-refractivity contribution in [2.75, 3.05) is 26.0 Å². The minimum Gasteiger partial charge on any atom is -0.398 e. The van der Waals surface area contributed by atoms with E-state index in [1.807, 2.05) is 13.8 Å². The quantitative estimate of drug-likeness (QED) is 0.807. The van der Waals surface area contributed by atoms with Crippen LogP contribution in [0.1, 0.15) is 19.4 Å². The van der Waals surface area contributed by atoms with Gasteiger partial charge in [0.05, 0.1) is 11.5 Å². The molecule has 2 N–H and O–H groups in total. The summed E-state index contributed by atoms with van der Waals surface area (Å²) in [6.07, 6.45) is 0. The Bertz CT molecular complexity index is 529. The second-order valence-electron chi connectivity index (χ2n) is 4.48. The molecule has 0 aliphatic rings. The molecule has 0 spiro atoms. The smallest absolute Gasteiger partial charge is 0.243 e. The molecule has 1 aromatic carbocycles. The zero-order valence-electron chi connectivity index (χ0n) is 11.9. The predicted octanol–water partition coefficient (Wildman–Crippen LogP) is 1.62. The van der Waals surface area contributed by atoms with Gasteiger partial charge in [-0.2, -0.15) is 4.31 Å². The van der Waals surface area contributed by atoms with Crippen LogP contribution in [0.2, 0.25) is 0 Å². The number of anilines is 1. The largest absolute Gasteiger partial charge is 0.398 e. The molecule has 6 heteroatoms. The normalized spacial score (nSPS) is 13.7. The summed E-state index contributed by atoms with van der Waals surface area (Å²) in [6, 6.07) is 4.72. The van der Waals surface area contributed by atoms with Crippen LogP contribution < -0.4 is 5.73 Å². The fourth-order valence-electron chi connectivity index (χ4n) is 2.08. The molecule has 0 heterocycles. The average Bonchev–Trinajstić information content (AvgIpc) is 2.33. The van der Waals surface area contributed by atoms with Gasteiger partial charge in [0.15, 0.2) is 0 Å². The highest BCUT2D eigenvalue weighted by Crippen LogP contribution is 2.25. The number of hydrogen-bond donors (Lipinski definition) is 1. The Labute approximate surface area is 115 Å². The number of hydrogen-bond acceptors (Lipinski definition) is 4. The predicted molar refractivity (Wildman–Crippen MR) is 76.5 cm³/mol. The van der Waals surface area contributed by atoms with Crippen molar-refractivity contribution in [1.29, 1.82) is 0 Å². The number of nitrogen functional groups attached to an aromatic ring is 1. The Hall–Kier alpha value is -1.11. The van der Waals surface area contributed by atoms with Gasteiger partial charge in [-0.3, -0.25) is 0 Å². The van der Waals surface area contributed by atoms with Crippen LogP contribution >= 0.6 is 0 Å². The lowest BCUT2D eigenvalue weighted by Gasteiger charge is -2.27. The zero-order chi connectivity index (χ0) is 14.6. The highest BCUT2D eigenvalue weighted by molar-refractivity contribution is 7.89. The molecule has 0 aromatic heterocycles. The van der Waals surface area contributed by atoms with Crippen molar-refractivity contribution in [2.45, 2.75) is 31.7 Å². The van der Waals surface area contributed by atoms with E-state index in [9.17, 15) is 8.42 Å². The SMILES string of the molecule is CCN(C(C)COC)S(=O)(=O)c1cccc(N)c1C. The standard InChI is InChI=1S/C13H22N2O3S/c1-5-15(10(2)9-18-4)19(16,17)13-8-6-7-12(14)11(13)3/h6-8,10H,5,9,14H2,1-4H3. The Balaban J connectivity index is 3.25. The minimum atomic E-state index is -3.55. The second-order valence-corrected chi connectivity index (χ2v) is 6.34. The van der Waals surface area contributed by atoms with Crippen LogP contribution in [0.25, 0.3) is 0 Å². The molecule has 1 atom stereocenters. The number of rotatable bonds is 6. The van der Waals surface area contributed by atoms with Crippen molar-refractivity contribution in [3.05, 3.63) is 23.8 Å². The van der Waals surface area contributed by atoms with E-state index >= 15 is 0 Å². The first kappa shape index (κ1) is 15.9. The second kappa shape index (κ2) is 6.36. The van der Waals surface area contributed by atoms with Gasteiger partial charge in [0.2, 0.25) is 10.0 Å². The Morgan fingerprint density at radius 1 is 1.42 bits per heavy atom. The van der Waals surface area contributed by atoms with Crippen LogP contribution in [-0.2, 0) is 14.8 Å². The molecule has 5 nitrogen and oxygen atoms in total. The van der Waals surface area contributed by atoms with Gasteiger partial charge in [-0.05, 0) is 31.5 Å². The molecule has 1 rings (SSSR count). The van der Waals surface area contributed by atoms with Crippen LogP contribution in [0, 0.1) is 6.92 Å². The van der Waals surface area contributed by atoms with Crippen molar-refractivity contribution >= 4 is 15.7 Å². The van der Waals surface area contributed by atoms with Gasteiger partial charge in [-0.25, -0.2) is 8.42 Å². The van der Waals surface area contributed by atoms with Gasteiger partial charge in [0.25, 0.3) is 0 Å². The van der Waals surface area contributed by atoms with E-state index in [4.69, 9.17) is 10.5 Å². The third kappa shape index (κ3) is 3.26. The van der Waals surface area contributed by atoms with Crippen LogP contribution in [0.15, 0.2) is 23.1 Å². The summed E-state index contributed by atoms with van der Waals surface area (Å²) < 4.78 is 31.8. The summed E-state index contributed by atoms with van der Waals surface area (Å²) in [4.78, 5) is 0.261. The van der Waals surface area contributed by atoms with Crippen LogP contribution in [0.4, 0.5) is 5.69 Å². The van der Waals surface area contributed by atoms with Crippen LogP contribution in [0.5, 0.6) is 0 Å². The molecular weight excluding hydrogens is 264 g/mol. The number of sulfonamides is 1. The number of methoxy groups -OCH3 is 1. The molecule has 0 aliphatic carbocycles. The maximum Gasteiger partial charge on any atom is 0.243 e. The summed E-state index contributed by atoms with van der Waals surface area (Å²) in [6.45, 7) is 6.10. The van der Waals surface area contributed by atoms with Crippen molar-refractivity contribution in [1.82, 2.24) is 4.31 Å². The average molecular weight is 286 g/mol. The minimum absolute atomic E-state index is 0.221. The number of ether oxygens (including phenoxy) is 1. The number of likely N-dealkylation sites (N-methyl/N-ethyl adjacent to an activating group) is 1. The van der Waals surface area contributed by atoms with Gasteiger partial charge in [0, 0.05) is 25.4 Å². The van der Waals surface area contributed by atoms with E-state index in [1.54, 1.807) is 32.2 Å². The Morgan fingerprint density at radius 2 is 2.05 bits per heavy atom. The van der Waals surface area contributed by atoms with E-state index in [1.165, 1.54) is 4.31 Å². The van der Waals surface area contributed by atoms with E-state index in [0.29, 0.717) is 24.4 Å². The third-order valence-corrected chi connectivity index (χ3v) is 5.36. The van der Waals surface area contributed by atoms with E-state index in [-0.39, 0.29) is 10.9 Å². The summed E-state index contributed by atoms with van der Waals surface area (Å²) in [5.74, 6) is 0. The maximum atomic E-state index is 12.7. The number of nitrogens with two attached hydrogens (primary N) is 1. The summed E-state index contributed by atoms with van der Waals surface area (Å²) in [5, 5.41) is 0.